The molecule has 1 aliphatic rings. The molecule has 160 valence electrons. The van der Waals surface area contributed by atoms with Gasteiger partial charge in [-0.1, -0.05) is 18.2 Å². The third-order valence-electron chi connectivity index (χ3n) is 4.96. The first-order chi connectivity index (χ1) is 15.1. The van der Waals surface area contributed by atoms with E-state index in [1.54, 1.807) is 24.3 Å². The quantitative estimate of drug-likeness (QED) is 0.568. The Labute approximate surface area is 182 Å². The standard InChI is InChI=1S/C22H21FN4O3S/c23-16-7-5-15(6-8-16)21(18-4-3-13-31-18)24-20(28)14-30-22(29)17-9-10-19(26-25-17)27-11-1-2-12-27/h3-10,13,21H,1-2,11-12,14H2,(H,24,28). The van der Waals surface area contributed by atoms with Crippen LogP contribution in [0.25, 0.3) is 0 Å². The first kappa shape index (κ1) is 20.9. The van der Waals surface area contributed by atoms with E-state index in [0.29, 0.717) is 0 Å². The van der Waals surface area contributed by atoms with Crippen LogP contribution in [0.4, 0.5) is 10.2 Å². The summed E-state index contributed by atoms with van der Waals surface area (Å²) in [5, 5.41) is 12.7. The largest absolute Gasteiger partial charge is 0.451 e. The third-order valence-corrected chi connectivity index (χ3v) is 5.90. The molecular weight excluding hydrogens is 419 g/mol. The van der Waals surface area contributed by atoms with Crippen molar-refractivity contribution in [3.63, 3.8) is 0 Å². The van der Waals surface area contributed by atoms with E-state index in [-0.39, 0.29) is 11.5 Å². The lowest BCUT2D eigenvalue weighted by Gasteiger charge is -2.18. The van der Waals surface area contributed by atoms with Crippen LogP contribution in [0, 0.1) is 5.82 Å². The number of carbonyl (C=O) groups is 2. The van der Waals surface area contributed by atoms with Crippen LogP contribution in [0.1, 0.15) is 39.8 Å². The molecule has 1 amide bonds. The zero-order valence-electron chi connectivity index (χ0n) is 16.7. The SMILES string of the molecule is O=C(COC(=O)c1ccc(N2CCCC2)nn1)NC(c1ccc(F)cc1)c1cccs1. The van der Waals surface area contributed by atoms with E-state index in [1.165, 1.54) is 23.5 Å². The zero-order valence-corrected chi connectivity index (χ0v) is 17.5. The van der Waals surface area contributed by atoms with Crippen LogP contribution in [0.5, 0.6) is 0 Å². The Morgan fingerprint density at radius 1 is 1.10 bits per heavy atom. The van der Waals surface area contributed by atoms with Gasteiger partial charge in [0.15, 0.2) is 18.1 Å². The van der Waals surface area contributed by atoms with Crippen molar-refractivity contribution in [2.75, 3.05) is 24.6 Å². The summed E-state index contributed by atoms with van der Waals surface area (Å²) in [5.74, 6) is -0.821. The summed E-state index contributed by atoms with van der Waals surface area (Å²) >= 11 is 1.47. The van der Waals surface area contributed by atoms with Crippen molar-refractivity contribution in [1.82, 2.24) is 15.5 Å². The lowest BCUT2D eigenvalue weighted by atomic mass is 10.1. The summed E-state index contributed by atoms with van der Waals surface area (Å²) in [6.45, 7) is 1.40. The Kier molecular flexibility index (Phi) is 6.51. The highest BCUT2D eigenvalue weighted by Gasteiger charge is 2.20. The Balaban J connectivity index is 1.35. The van der Waals surface area contributed by atoms with E-state index in [2.05, 4.69) is 20.4 Å². The highest BCUT2D eigenvalue weighted by Crippen LogP contribution is 2.26. The fraction of sp³-hybridized carbons (Fsp3) is 0.273. The maximum absolute atomic E-state index is 13.3. The van der Waals surface area contributed by atoms with Gasteiger partial charge in [-0.25, -0.2) is 9.18 Å². The van der Waals surface area contributed by atoms with Crippen LogP contribution in [-0.4, -0.2) is 41.8 Å². The van der Waals surface area contributed by atoms with Gasteiger partial charge in [-0.05, 0) is 54.1 Å². The molecule has 0 bridgehead atoms. The molecule has 1 saturated heterocycles. The van der Waals surface area contributed by atoms with Crippen molar-refractivity contribution in [3.8, 4) is 0 Å². The Morgan fingerprint density at radius 2 is 1.87 bits per heavy atom. The molecule has 1 unspecified atom stereocenters. The summed E-state index contributed by atoms with van der Waals surface area (Å²) in [5.41, 5.74) is 0.774. The average Bonchev–Trinajstić information content (AvgIpc) is 3.51. The van der Waals surface area contributed by atoms with E-state index >= 15 is 0 Å². The molecule has 0 spiro atoms. The number of amides is 1. The summed E-state index contributed by atoms with van der Waals surface area (Å²) in [7, 11) is 0. The number of hydrogen-bond acceptors (Lipinski definition) is 7. The molecule has 0 radical (unpaired) electrons. The maximum atomic E-state index is 13.3. The summed E-state index contributed by atoms with van der Waals surface area (Å²) in [6.07, 6.45) is 2.23. The average molecular weight is 441 g/mol. The number of carbonyl (C=O) groups excluding carboxylic acids is 2. The van der Waals surface area contributed by atoms with Gasteiger partial charge < -0.3 is 15.0 Å². The molecular formula is C22H21FN4O3S. The Morgan fingerprint density at radius 3 is 2.52 bits per heavy atom. The molecule has 7 nitrogen and oxygen atoms in total. The number of nitrogens with one attached hydrogen (secondary N) is 1. The van der Waals surface area contributed by atoms with Crippen LogP contribution < -0.4 is 10.2 Å². The molecule has 2 aromatic heterocycles. The number of esters is 1. The monoisotopic (exact) mass is 440 g/mol. The van der Waals surface area contributed by atoms with Gasteiger partial charge in [0.1, 0.15) is 5.82 Å². The molecule has 1 fully saturated rings. The minimum Gasteiger partial charge on any atom is -0.451 e. The van der Waals surface area contributed by atoms with E-state index in [0.717, 1.165) is 42.2 Å². The first-order valence-corrected chi connectivity index (χ1v) is 10.8. The molecule has 4 rings (SSSR count). The number of hydrogen-bond donors (Lipinski definition) is 1. The van der Waals surface area contributed by atoms with Gasteiger partial charge in [-0.2, -0.15) is 0 Å². The molecule has 9 heteroatoms. The number of nitrogens with zero attached hydrogens (tertiary/aromatic N) is 3. The van der Waals surface area contributed by atoms with Crippen LogP contribution in [0.3, 0.4) is 0 Å². The molecule has 0 aliphatic carbocycles. The normalized spacial score (nSPS) is 14.3. The van der Waals surface area contributed by atoms with Crippen LogP contribution >= 0.6 is 11.3 Å². The fourth-order valence-electron chi connectivity index (χ4n) is 3.39. The van der Waals surface area contributed by atoms with E-state index in [9.17, 15) is 14.0 Å². The zero-order chi connectivity index (χ0) is 21.6. The highest BCUT2D eigenvalue weighted by molar-refractivity contribution is 7.10. The lowest BCUT2D eigenvalue weighted by molar-refractivity contribution is -0.124. The summed E-state index contributed by atoms with van der Waals surface area (Å²) in [6, 6.07) is 12.5. The number of rotatable bonds is 7. The minimum atomic E-state index is -0.718. The maximum Gasteiger partial charge on any atom is 0.359 e. The molecule has 1 aliphatic heterocycles. The van der Waals surface area contributed by atoms with Crippen LogP contribution in [-0.2, 0) is 9.53 Å². The Hall–Kier alpha value is -3.33. The summed E-state index contributed by atoms with van der Waals surface area (Å²) in [4.78, 5) is 27.7. The number of ether oxygens (including phenoxy) is 1. The van der Waals surface area contributed by atoms with E-state index < -0.39 is 24.5 Å². The second kappa shape index (κ2) is 9.65. The predicted octanol–water partition coefficient (Wildman–Crippen LogP) is 3.34. The van der Waals surface area contributed by atoms with Crippen LogP contribution in [0.2, 0.25) is 0 Å². The molecule has 1 atom stereocenters. The van der Waals surface area contributed by atoms with Crippen molar-refractivity contribution in [2.45, 2.75) is 18.9 Å². The molecule has 31 heavy (non-hydrogen) atoms. The van der Waals surface area contributed by atoms with E-state index in [4.69, 9.17) is 4.74 Å². The Bertz CT molecular complexity index is 1020. The van der Waals surface area contributed by atoms with Gasteiger partial charge in [-0.15, -0.1) is 21.5 Å². The molecule has 1 N–H and O–H groups in total. The second-order valence-electron chi connectivity index (χ2n) is 7.11. The number of thiophene rings is 1. The molecule has 3 heterocycles. The minimum absolute atomic E-state index is 0.0455. The van der Waals surface area contributed by atoms with Crippen LogP contribution in [0.15, 0.2) is 53.9 Å². The number of halogens is 1. The lowest BCUT2D eigenvalue weighted by Crippen LogP contribution is -2.32. The fourth-order valence-corrected chi connectivity index (χ4v) is 4.19. The van der Waals surface area contributed by atoms with Gasteiger partial charge in [0.25, 0.3) is 5.91 Å². The van der Waals surface area contributed by atoms with Gasteiger partial charge in [0.2, 0.25) is 0 Å². The van der Waals surface area contributed by atoms with Crippen molar-refractivity contribution in [2.24, 2.45) is 0 Å². The van der Waals surface area contributed by atoms with Gasteiger partial charge in [0.05, 0.1) is 6.04 Å². The van der Waals surface area contributed by atoms with Gasteiger partial charge in [-0.3, -0.25) is 4.79 Å². The number of benzene rings is 1. The molecule has 1 aromatic carbocycles. The number of anilines is 1. The molecule has 3 aromatic rings. The van der Waals surface area contributed by atoms with Crippen molar-refractivity contribution in [3.05, 3.63) is 75.9 Å². The van der Waals surface area contributed by atoms with Crippen molar-refractivity contribution in [1.29, 1.82) is 0 Å². The van der Waals surface area contributed by atoms with Gasteiger partial charge in [0, 0.05) is 18.0 Å². The van der Waals surface area contributed by atoms with Gasteiger partial charge >= 0.3 is 5.97 Å². The molecule has 0 saturated carbocycles. The predicted molar refractivity (Wildman–Crippen MR) is 114 cm³/mol. The second-order valence-corrected chi connectivity index (χ2v) is 8.09. The third kappa shape index (κ3) is 5.24. The topological polar surface area (TPSA) is 84.4 Å². The van der Waals surface area contributed by atoms with E-state index in [1.807, 2.05) is 17.5 Å². The highest BCUT2D eigenvalue weighted by atomic mass is 32.1. The summed E-state index contributed by atoms with van der Waals surface area (Å²) < 4.78 is 18.4. The van der Waals surface area contributed by atoms with Crippen molar-refractivity contribution >= 4 is 29.0 Å². The van der Waals surface area contributed by atoms with Crippen molar-refractivity contribution < 1.29 is 18.7 Å². The number of aromatic nitrogens is 2. The first-order valence-electron chi connectivity index (χ1n) is 9.94. The smallest absolute Gasteiger partial charge is 0.359 e.